The van der Waals surface area contributed by atoms with Crippen molar-refractivity contribution in [3.05, 3.63) is 95.8 Å². The van der Waals surface area contributed by atoms with E-state index in [4.69, 9.17) is 14.4 Å². The highest BCUT2D eigenvalue weighted by atomic mass is 32.2. The molecule has 0 unspecified atom stereocenters. The van der Waals surface area contributed by atoms with Gasteiger partial charge in [-0.15, -0.1) is 0 Å². The van der Waals surface area contributed by atoms with E-state index < -0.39 is 27.6 Å². The molecule has 4 aromatic heterocycles. The third-order valence-electron chi connectivity index (χ3n) is 9.21. The van der Waals surface area contributed by atoms with E-state index in [2.05, 4.69) is 5.32 Å². The predicted molar refractivity (Wildman–Crippen MR) is 200 cm³/mol. The summed E-state index contributed by atoms with van der Waals surface area (Å²) in [5.41, 5.74) is 3.75. The maximum atomic E-state index is 15.3. The average Bonchev–Trinajstić information content (AvgIpc) is 3.70. The molecule has 0 aliphatic heterocycles. The highest BCUT2D eigenvalue weighted by Crippen LogP contribution is 2.41. The number of fused-ring (bicyclic) bond motifs is 6. The standard InChI is InChI=1S/C38H35F2N7O5S/c1-41-38(49)35-25-16-24(30(46(5)53(6,50)51)18-32(25)52-37(35)21-10-12-22(39)13-11-21)27-14-15-28-36(43-27)31-17-23-26(40)8-7-9-29(23)47(31)33(42-28)19-45(4)20-34(48)44(2)3/h7-18H,19-20H2,1-6H3,(H,41,49). The number of carbonyl (C=O) groups is 2. The largest absolute Gasteiger partial charge is 0.455 e. The molecule has 272 valence electrons. The second kappa shape index (κ2) is 13.2. The minimum absolute atomic E-state index is 0.0898. The van der Waals surface area contributed by atoms with E-state index in [0.717, 1.165) is 10.6 Å². The number of carbonyl (C=O) groups excluding carboxylic acids is 2. The number of sulfonamides is 1. The van der Waals surface area contributed by atoms with E-state index in [-0.39, 0.29) is 41.6 Å². The van der Waals surface area contributed by atoms with Crippen LogP contribution in [0.15, 0.2) is 77.2 Å². The molecule has 3 aromatic carbocycles. The normalized spacial score (nSPS) is 12.0. The minimum atomic E-state index is -3.81. The van der Waals surface area contributed by atoms with Gasteiger partial charge >= 0.3 is 0 Å². The van der Waals surface area contributed by atoms with Gasteiger partial charge < -0.3 is 14.6 Å². The zero-order chi connectivity index (χ0) is 37.9. The molecule has 1 N–H and O–H groups in total. The van der Waals surface area contributed by atoms with Crippen LogP contribution in [-0.2, 0) is 21.4 Å². The highest BCUT2D eigenvalue weighted by Gasteiger charge is 2.27. The number of amides is 2. The average molecular weight is 740 g/mol. The fraction of sp³-hybridized carbons (Fsp3) is 0.211. The molecule has 0 saturated carbocycles. The number of hydrogen-bond donors (Lipinski definition) is 1. The first-order valence-electron chi connectivity index (χ1n) is 16.5. The molecule has 0 radical (unpaired) electrons. The third-order valence-corrected chi connectivity index (χ3v) is 10.4. The van der Waals surface area contributed by atoms with Crippen molar-refractivity contribution in [2.45, 2.75) is 6.54 Å². The molecule has 0 aliphatic rings. The van der Waals surface area contributed by atoms with E-state index >= 15 is 4.39 Å². The lowest BCUT2D eigenvalue weighted by molar-refractivity contribution is -0.129. The van der Waals surface area contributed by atoms with Crippen LogP contribution in [0.3, 0.4) is 0 Å². The summed E-state index contributed by atoms with van der Waals surface area (Å²) in [5, 5.41) is 3.36. The van der Waals surface area contributed by atoms with Crippen molar-refractivity contribution < 1.29 is 31.2 Å². The summed E-state index contributed by atoms with van der Waals surface area (Å²) in [7, 11) is 4.22. The summed E-state index contributed by atoms with van der Waals surface area (Å²) < 4.78 is 64.2. The van der Waals surface area contributed by atoms with Crippen molar-refractivity contribution in [2.75, 3.05) is 52.3 Å². The maximum absolute atomic E-state index is 15.3. The number of hydrogen-bond acceptors (Lipinski definition) is 8. The summed E-state index contributed by atoms with van der Waals surface area (Å²) >= 11 is 0. The van der Waals surface area contributed by atoms with E-state index in [1.807, 2.05) is 9.30 Å². The molecule has 0 saturated heterocycles. The Morgan fingerprint density at radius 1 is 0.906 bits per heavy atom. The van der Waals surface area contributed by atoms with E-state index in [1.165, 1.54) is 55.4 Å². The van der Waals surface area contributed by atoms with Crippen LogP contribution in [0.4, 0.5) is 14.5 Å². The van der Waals surface area contributed by atoms with Crippen LogP contribution in [0.2, 0.25) is 0 Å². The smallest absolute Gasteiger partial charge is 0.255 e. The van der Waals surface area contributed by atoms with Crippen molar-refractivity contribution in [1.29, 1.82) is 0 Å². The summed E-state index contributed by atoms with van der Waals surface area (Å²) in [5.74, 6) is -0.728. The first-order chi connectivity index (χ1) is 25.2. The second-order valence-electron chi connectivity index (χ2n) is 13.1. The minimum Gasteiger partial charge on any atom is -0.455 e. The Balaban J connectivity index is 1.49. The molecule has 4 heterocycles. The van der Waals surface area contributed by atoms with Crippen LogP contribution < -0.4 is 9.62 Å². The Bertz CT molecular complexity index is 2730. The number of nitrogens with one attached hydrogen (secondary N) is 1. The number of halogens is 2. The topological polar surface area (TPSA) is 133 Å². The molecule has 0 bridgehead atoms. The molecule has 7 aromatic rings. The van der Waals surface area contributed by atoms with Crippen LogP contribution in [0.25, 0.3) is 61.0 Å². The van der Waals surface area contributed by atoms with Gasteiger partial charge in [0, 0.05) is 56.2 Å². The van der Waals surface area contributed by atoms with Crippen LogP contribution >= 0.6 is 0 Å². The Hall–Kier alpha value is -5.93. The van der Waals surface area contributed by atoms with E-state index in [9.17, 15) is 22.4 Å². The Morgan fingerprint density at radius 2 is 1.64 bits per heavy atom. The van der Waals surface area contributed by atoms with Gasteiger partial charge in [0.15, 0.2) is 0 Å². The molecular formula is C38H35F2N7O5S. The summed E-state index contributed by atoms with van der Waals surface area (Å²) in [6.07, 6.45) is 1.07. The molecule has 12 nitrogen and oxygen atoms in total. The number of anilines is 1. The molecular weight excluding hydrogens is 705 g/mol. The highest BCUT2D eigenvalue weighted by molar-refractivity contribution is 7.92. The fourth-order valence-corrected chi connectivity index (χ4v) is 6.93. The maximum Gasteiger partial charge on any atom is 0.255 e. The molecule has 0 aliphatic carbocycles. The number of nitrogens with zero attached hydrogens (tertiary/aromatic N) is 6. The number of benzene rings is 3. The zero-order valence-corrected chi connectivity index (χ0v) is 30.5. The number of likely N-dealkylation sites (N-methyl/N-ethyl adjacent to an activating group) is 2. The first kappa shape index (κ1) is 35.5. The van der Waals surface area contributed by atoms with Gasteiger partial charge in [0.1, 0.15) is 34.3 Å². The molecule has 7 rings (SSSR count). The summed E-state index contributed by atoms with van der Waals surface area (Å²) in [6.45, 7) is 0.389. The van der Waals surface area contributed by atoms with Gasteiger partial charge in [-0.05, 0) is 67.7 Å². The fourth-order valence-electron chi connectivity index (χ4n) is 6.42. The van der Waals surface area contributed by atoms with E-state index in [1.54, 1.807) is 57.5 Å². The van der Waals surface area contributed by atoms with Crippen molar-refractivity contribution in [3.8, 4) is 22.6 Å². The Morgan fingerprint density at radius 3 is 2.32 bits per heavy atom. The van der Waals surface area contributed by atoms with Gasteiger partial charge in [0.05, 0.1) is 52.8 Å². The Labute approximate surface area is 303 Å². The van der Waals surface area contributed by atoms with Crippen molar-refractivity contribution in [3.63, 3.8) is 0 Å². The van der Waals surface area contributed by atoms with Gasteiger partial charge in [-0.25, -0.2) is 27.2 Å². The third kappa shape index (κ3) is 6.31. The quantitative estimate of drug-likeness (QED) is 0.200. The number of furan rings is 1. The van der Waals surface area contributed by atoms with Crippen LogP contribution in [0, 0.1) is 11.6 Å². The van der Waals surface area contributed by atoms with Crippen molar-refractivity contribution in [1.82, 2.24) is 29.5 Å². The molecule has 0 atom stereocenters. The lowest BCUT2D eigenvalue weighted by Crippen LogP contribution is -2.34. The molecule has 53 heavy (non-hydrogen) atoms. The molecule has 15 heteroatoms. The monoisotopic (exact) mass is 739 g/mol. The summed E-state index contributed by atoms with van der Waals surface area (Å²) in [6, 6.07) is 18.5. The number of aromatic nitrogens is 3. The summed E-state index contributed by atoms with van der Waals surface area (Å²) in [4.78, 5) is 39.1. The molecule has 0 spiro atoms. The van der Waals surface area contributed by atoms with Crippen LogP contribution in [0.5, 0.6) is 0 Å². The van der Waals surface area contributed by atoms with Crippen molar-refractivity contribution in [2.24, 2.45) is 0 Å². The lowest BCUT2D eigenvalue weighted by Gasteiger charge is -2.21. The van der Waals surface area contributed by atoms with Crippen LogP contribution in [-0.4, -0.2) is 92.4 Å². The van der Waals surface area contributed by atoms with Gasteiger partial charge in [-0.2, -0.15) is 0 Å². The van der Waals surface area contributed by atoms with Crippen molar-refractivity contribution >= 4 is 65.9 Å². The molecule has 2 amide bonds. The first-order valence-corrected chi connectivity index (χ1v) is 18.3. The predicted octanol–water partition coefficient (Wildman–Crippen LogP) is 5.67. The Kier molecular flexibility index (Phi) is 8.86. The van der Waals surface area contributed by atoms with Gasteiger partial charge in [-0.1, -0.05) is 6.07 Å². The van der Waals surface area contributed by atoms with Crippen LogP contribution in [0.1, 0.15) is 16.2 Å². The number of rotatable bonds is 9. The molecule has 0 fully saturated rings. The SMILES string of the molecule is CNC(=O)c1c(-c2ccc(F)cc2)oc2cc(N(C)S(C)(=O)=O)c(-c3ccc4nc(CN(C)CC(=O)N(C)C)n5c6cccc(F)c6cc5c4n3)cc12. The second-order valence-corrected chi connectivity index (χ2v) is 15.1. The lowest BCUT2D eigenvalue weighted by atomic mass is 10.0. The van der Waals surface area contributed by atoms with Gasteiger partial charge in [-0.3, -0.25) is 23.2 Å². The van der Waals surface area contributed by atoms with Gasteiger partial charge in [0.25, 0.3) is 5.91 Å². The number of pyridine rings is 1. The zero-order valence-electron chi connectivity index (χ0n) is 29.7. The van der Waals surface area contributed by atoms with Gasteiger partial charge in [0.2, 0.25) is 15.9 Å². The van der Waals surface area contributed by atoms with E-state index in [0.29, 0.717) is 55.5 Å².